The zero-order chi connectivity index (χ0) is 12.5. The maximum atomic E-state index is 12.7. The van der Waals surface area contributed by atoms with E-state index in [1.807, 2.05) is 0 Å². The van der Waals surface area contributed by atoms with Crippen molar-refractivity contribution >= 4 is 15.9 Å². The van der Waals surface area contributed by atoms with Gasteiger partial charge in [0.1, 0.15) is 5.75 Å². The second-order valence-electron chi connectivity index (χ2n) is 3.43. The summed E-state index contributed by atoms with van der Waals surface area (Å²) in [5.41, 5.74) is -2.34. The molecule has 2 rings (SSSR count). The van der Waals surface area contributed by atoms with Crippen LogP contribution >= 0.6 is 15.9 Å². The standard InChI is InChI=1S/C10H8BrF3N2O/c11-5-6-17-8-3-1-7(2-4-8)9(15-16-9)10(12,13)14/h1-4H,5-6H2. The van der Waals surface area contributed by atoms with Gasteiger partial charge in [0.15, 0.2) is 0 Å². The van der Waals surface area contributed by atoms with E-state index in [9.17, 15) is 13.2 Å². The fourth-order valence-corrected chi connectivity index (χ4v) is 1.54. The molecule has 1 aliphatic rings. The van der Waals surface area contributed by atoms with E-state index in [-0.39, 0.29) is 5.56 Å². The van der Waals surface area contributed by atoms with Crippen molar-refractivity contribution in [3.63, 3.8) is 0 Å². The lowest BCUT2D eigenvalue weighted by Gasteiger charge is -2.15. The molecule has 17 heavy (non-hydrogen) atoms. The Morgan fingerprint density at radius 1 is 1.18 bits per heavy atom. The Bertz CT molecular complexity index is 424. The molecule has 0 amide bonds. The van der Waals surface area contributed by atoms with Crippen molar-refractivity contribution in [1.82, 2.24) is 0 Å². The molecule has 3 nitrogen and oxygen atoms in total. The summed E-state index contributed by atoms with van der Waals surface area (Å²) in [7, 11) is 0. The number of halogens is 4. The normalized spacial score (nSPS) is 16.9. The van der Waals surface area contributed by atoms with E-state index < -0.39 is 11.8 Å². The Morgan fingerprint density at radius 2 is 1.76 bits per heavy atom. The first-order chi connectivity index (χ1) is 7.99. The Hall–Kier alpha value is -1.11. The first kappa shape index (κ1) is 12.3. The number of alkyl halides is 4. The third-order valence-corrected chi connectivity index (χ3v) is 2.62. The Morgan fingerprint density at radius 3 is 2.18 bits per heavy atom. The van der Waals surface area contributed by atoms with Crippen LogP contribution in [0.5, 0.6) is 5.75 Å². The van der Waals surface area contributed by atoms with Crippen molar-refractivity contribution in [2.45, 2.75) is 11.8 Å². The molecule has 0 bridgehead atoms. The van der Waals surface area contributed by atoms with Gasteiger partial charge in [-0.3, -0.25) is 0 Å². The summed E-state index contributed by atoms with van der Waals surface area (Å²) in [5, 5.41) is 6.90. The van der Waals surface area contributed by atoms with E-state index in [2.05, 4.69) is 26.2 Å². The Kier molecular flexibility index (Phi) is 3.11. The molecule has 0 spiro atoms. The lowest BCUT2D eigenvalue weighted by molar-refractivity contribution is -0.166. The quantitative estimate of drug-likeness (QED) is 0.782. The van der Waals surface area contributed by atoms with Crippen LogP contribution in [0.2, 0.25) is 0 Å². The van der Waals surface area contributed by atoms with E-state index in [1.54, 1.807) is 0 Å². The van der Waals surface area contributed by atoms with Crippen LogP contribution in [0.4, 0.5) is 13.2 Å². The van der Waals surface area contributed by atoms with Crippen molar-refractivity contribution in [1.29, 1.82) is 0 Å². The average molecular weight is 309 g/mol. The predicted octanol–water partition coefficient (Wildman–Crippen LogP) is 3.64. The SMILES string of the molecule is FC(F)(F)C1(c2ccc(OCCBr)cc2)N=N1. The fourth-order valence-electron chi connectivity index (χ4n) is 1.38. The molecule has 0 saturated heterocycles. The maximum absolute atomic E-state index is 12.7. The molecule has 1 aliphatic heterocycles. The molecule has 1 heterocycles. The van der Waals surface area contributed by atoms with Gasteiger partial charge >= 0.3 is 11.8 Å². The average Bonchev–Trinajstić information content (AvgIpc) is 3.07. The summed E-state index contributed by atoms with van der Waals surface area (Å²) < 4.78 is 43.2. The minimum Gasteiger partial charge on any atom is -0.493 e. The topological polar surface area (TPSA) is 34.0 Å². The van der Waals surface area contributed by atoms with E-state index in [0.29, 0.717) is 17.7 Å². The summed E-state index contributed by atoms with van der Waals surface area (Å²) >= 11 is 3.19. The van der Waals surface area contributed by atoms with Crippen LogP contribution in [0, 0.1) is 0 Å². The highest BCUT2D eigenvalue weighted by Crippen LogP contribution is 2.52. The van der Waals surface area contributed by atoms with Gasteiger partial charge in [-0.25, -0.2) is 0 Å². The highest BCUT2D eigenvalue weighted by molar-refractivity contribution is 9.09. The summed E-state index contributed by atoms with van der Waals surface area (Å²) in [6.07, 6.45) is -4.48. The maximum Gasteiger partial charge on any atom is 0.442 e. The van der Waals surface area contributed by atoms with Gasteiger partial charge in [-0.15, -0.1) is 10.2 Å². The first-order valence-electron chi connectivity index (χ1n) is 4.80. The molecule has 0 radical (unpaired) electrons. The second-order valence-corrected chi connectivity index (χ2v) is 4.22. The minimum atomic E-state index is -4.48. The Balaban J connectivity index is 2.14. The van der Waals surface area contributed by atoms with E-state index in [0.717, 1.165) is 0 Å². The molecule has 0 fully saturated rings. The van der Waals surface area contributed by atoms with E-state index in [4.69, 9.17) is 4.74 Å². The summed E-state index contributed by atoms with van der Waals surface area (Å²) in [5.74, 6) is 0.520. The smallest absolute Gasteiger partial charge is 0.442 e. The zero-order valence-electron chi connectivity index (χ0n) is 8.54. The second kappa shape index (κ2) is 4.29. The van der Waals surface area contributed by atoms with Gasteiger partial charge in [0.25, 0.3) is 0 Å². The van der Waals surface area contributed by atoms with Crippen LogP contribution in [-0.4, -0.2) is 18.1 Å². The number of ether oxygens (including phenoxy) is 1. The first-order valence-corrected chi connectivity index (χ1v) is 5.92. The molecule has 0 unspecified atom stereocenters. The van der Waals surface area contributed by atoms with Gasteiger partial charge in [0.2, 0.25) is 0 Å². The monoisotopic (exact) mass is 308 g/mol. The van der Waals surface area contributed by atoms with Crippen molar-refractivity contribution in [2.24, 2.45) is 10.2 Å². The molecule has 0 saturated carbocycles. The van der Waals surface area contributed by atoms with Gasteiger partial charge in [0, 0.05) is 10.9 Å². The number of rotatable bonds is 4. The summed E-state index contributed by atoms with van der Waals surface area (Å²) in [6.45, 7) is 0.457. The molecule has 0 aromatic heterocycles. The molecule has 92 valence electrons. The molecular formula is C10H8BrF3N2O. The van der Waals surface area contributed by atoms with Gasteiger partial charge in [0.05, 0.1) is 6.61 Å². The molecule has 0 atom stereocenters. The van der Waals surface area contributed by atoms with Crippen LogP contribution in [0.1, 0.15) is 5.56 Å². The largest absolute Gasteiger partial charge is 0.493 e. The molecule has 0 N–H and O–H groups in total. The molecule has 7 heteroatoms. The van der Waals surface area contributed by atoms with E-state index >= 15 is 0 Å². The number of benzene rings is 1. The number of nitrogens with zero attached hydrogens (tertiary/aromatic N) is 2. The van der Waals surface area contributed by atoms with Crippen molar-refractivity contribution in [3.8, 4) is 5.75 Å². The molecule has 1 aromatic rings. The summed E-state index contributed by atoms with van der Waals surface area (Å²) in [6, 6.07) is 5.62. The minimum absolute atomic E-state index is 0.0104. The highest BCUT2D eigenvalue weighted by atomic mass is 79.9. The van der Waals surface area contributed by atoms with Crippen LogP contribution in [0.15, 0.2) is 34.5 Å². The fraction of sp³-hybridized carbons (Fsp3) is 0.400. The molecule has 1 aromatic carbocycles. The lowest BCUT2D eigenvalue weighted by atomic mass is 10.0. The number of hydrogen-bond donors (Lipinski definition) is 0. The van der Waals surface area contributed by atoms with Crippen molar-refractivity contribution in [3.05, 3.63) is 29.8 Å². The zero-order valence-corrected chi connectivity index (χ0v) is 10.1. The Labute approximate surface area is 104 Å². The van der Waals surface area contributed by atoms with Gasteiger partial charge in [-0.1, -0.05) is 28.1 Å². The van der Waals surface area contributed by atoms with Crippen LogP contribution in [0.25, 0.3) is 0 Å². The van der Waals surface area contributed by atoms with Crippen molar-refractivity contribution in [2.75, 3.05) is 11.9 Å². The van der Waals surface area contributed by atoms with Crippen LogP contribution in [-0.2, 0) is 5.66 Å². The third kappa shape index (κ3) is 2.29. The highest BCUT2D eigenvalue weighted by Gasteiger charge is 2.65. The third-order valence-electron chi connectivity index (χ3n) is 2.30. The molecular weight excluding hydrogens is 301 g/mol. The predicted molar refractivity (Wildman–Crippen MR) is 58.3 cm³/mol. The van der Waals surface area contributed by atoms with Gasteiger partial charge in [-0.2, -0.15) is 13.2 Å². The van der Waals surface area contributed by atoms with Gasteiger partial charge < -0.3 is 4.74 Å². The molecule has 0 aliphatic carbocycles. The van der Waals surface area contributed by atoms with E-state index in [1.165, 1.54) is 24.3 Å². The lowest BCUT2D eigenvalue weighted by Crippen LogP contribution is -2.29. The van der Waals surface area contributed by atoms with Crippen LogP contribution in [0.3, 0.4) is 0 Å². The van der Waals surface area contributed by atoms with Crippen molar-refractivity contribution < 1.29 is 17.9 Å². The summed E-state index contributed by atoms with van der Waals surface area (Å²) in [4.78, 5) is 0. The van der Waals surface area contributed by atoms with Gasteiger partial charge in [-0.05, 0) is 12.1 Å². The van der Waals surface area contributed by atoms with Crippen LogP contribution < -0.4 is 4.74 Å². The number of hydrogen-bond acceptors (Lipinski definition) is 3.